The monoisotopic (exact) mass is 440 g/mol. The van der Waals surface area contributed by atoms with E-state index in [9.17, 15) is 0 Å². The molecule has 92 valence electrons. The van der Waals surface area contributed by atoms with E-state index >= 15 is 0 Å². The molecule has 0 heterocycles. The molecular weight excluding hydrogens is 436 g/mol. The van der Waals surface area contributed by atoms with Crippen molar-refractivity contribution in [2.24, 2.45) is 5.84 Å². The Bertz CT molecular complexity index is 457. The zero-order chi connectivity index (χ0) is 12.9. The molecule has 0 aliphatic heterocycles. The van der Waals surface area contributed by atoms with Gasteiger partial charge in [0.2, 0.25) is 0 Å². The number of rotatable bonds is 1. The molecule has 0 aliphatic carbocycles. The van der Waals surface area contributed by atoms with Gasteiger partial charge in [-0.25, -0.2) is 0 Å². The summed E-state index contributed by atoms with van der Waals surface area (Å²) in [5.74, 6) is 5.25. The Labute approximate surface area is 118 Å². The molecule has 0 saturated carbocycles. The highest BCUT2D eigenvalue weighted by Gasteiger charge is 2.02. The highest BCUT2D eigenvalue weighted by molar-refractivity contribution is 9.13. The van der Waals surface area contributed by atoms with E-state index in [1.54, 1.807) is 0 Å². The minimum absolute atomic E-state index is 0.847. The van der Waals surface area contributed by atoms with Crippen LogP contribution in [0.4, 0.5) is 5.69 Å². The molecule has 0 fully saturated rings. The molecule has 1 rings (SSSR count). The molecule has 0 aliphatic rings. The lowest BCUT2D eigenvalue weighted by Gasteiger charge is -2.04. The van der Waals surface area contributed by atoms with E-state index < -0.39 is 10.4 Å². The Kier molecular flexibility index (Phi) is 7.01. The summed E-state index contributed by atoms with van der Waals surface area (Å²) in [5, 5.41) is 0. The fraction of sp³-hybridized carbons (Fsp3) is 0. The number of anilines is 1. The topological polar surface area (TPSA) is 113 Å². The predicted octanol–water partition coefficient (Wildman–Crippen LogP) is 2.61. The second-order valence-electron chi connectivity index (χ2n) is 2.34. The molecule has 0 spiro atoms. The van der Waals surface area contributed by atoms with Crippen molar-refractivity contribution in [3.8, 4) is 0 Å². The predicted molar refractivity (Wildman–Crippen MR) is 71.5 cm³/mol. The lowest BCUT2D eigenvalue weighted by atomic mass is 10.3. The van der Waals surface area contributed by atoms with E-state index in [0.717, 1.165) is 19.1 Å². The van der Waals surface area contributed by atoms with Gasteiger partial charge in [0.15, 0.2) is 0 Å². The number of nitrogen functional groups attached to an aromatic ring is 1. The van der Waals surface area contributed by atoms with Crippen LogP contribution < -0.4 is 11.3 Å². The maximum atomic E-state index is 8.74. The second-order valence-corrected chi connectivity index (χ2v) is 5.80. The number of hydrogen-bond donors (Lipinski definition) is 4. The summed E-state index contributed by atoms with van der Waals surface area (Å²) in [7, 11) is -4.67. The van der Waals surface area contributed by atoms with Gasteiger partial charge in [0.1, 0.15) is 0 Å². The normalized spacial score (nSPS) is 10.4. The first-order valence-corrected chi connectivity index (χ1v) is 7.23. The van der Waals surface area contributed by atoms with E-state index in [1.165, 1.54) is 0 Å². The van der Waals surface area contributed by atoms with Gasteiger partial charge in [0.25, 0.3) is 0 Å². The first kappa shape index (κ1) is 16.3. The van der Waals surface area contributed by atoms with Crippen molar-refractivity contribution in [2.75, 3.05) is 5.43 Å². The molecule has 10 heteroatoms. The molecule has 0 saturated heterocycles. The molecule has 0 amide bonds. The van der Waals surface area contributed by atoms with Crippen molar-refractivity contribution >= 4 is 63.9 Å². The summed E-state index contributed by atoms with van der Waals surface area (Å²) in [6, 6.07) is 3.80. The minimum atomic E-state index is -4.67. The zero-order valence-corrected chi connectivity index (χ0v) is 13.1. The number of halogens is 3. The molecule has 1 aromatic rings. The maximum absolute atomic E-state index is 8.74. The van der Waals surface area contributed by atoms with Crippen LogP contribution in [-0.2, 0) is 10.4 Å². The molecule has 0 atom stereocenters. The Balaban J connectivity index is 0.000000385. The Hall–Kier alpha value is 0.290. The largest absolute Gasteiger partial charge is 0.394 e. The Morgan fingerprint density at radius 2 is 1.44 bits per heavy atom. The number of benzene rings is 1. The number of nitrogens with two attached hydrogens (primary N) is 1. The lowest BCUT2D eigenvalue weighted by molar-refractivity contribution is 0.381. The molecule has 0 radical (unpaired) electrons. The summed E-state index contributed by atoms with van der Waals surface area (Å²) >= 11 is 10.1. The van der Waals surface area contributed by atoms with Crippen molar-refractivity contribution in [1.82, 2.24) is 0 Å². The first-order valence-electron chi connectivity index (χ1n) is 3.46. The first-order chi connectivity index (χ1) is 7.15. The van der Waals surface area contributed by atoms with Crippen molar-refractivity contribution < 1.29 is 17.5 Å². The van der Waals surface area contributed by atoms with Crippen LogP contribution in [0.1, 0.15) is 0 Å². The smallest absolute Gasteiger partial charge is 0.323 e. The molecule has 5 N–H and O–H groups in total. The van der Waals surface area contributed by atoms with Crippen LogP contribution in [0.5, 0.6) is 0 Å². The highest BCUT2D eigenvalue weighted by Crippen LogP contribution is 2.32. The van der Waals surface area contributed by atoms with Gasteiger partial charge in [-0.15, -0.1) is 0 Å². The van der Waals surface area contributed by atoms with E-state index in [1.807, 2.05) is 12.1 Å². The van der Waals surface area contributed by atoms with Crippen molar-refractivity contribution in [1.29, 1.82) is 0 Å². The third kappa shape index (κ3) is 7.54. The molecule has 6 nitrogen and oxygen atoms in total. The third-order valence-corrected chi connectivity index (χ3v) is 3.67. The molecule has 0 bridgehead atoms. The van der Waals surface area contributed by atoms with E-state index in [0.29, 0.717) is 0 Å². The summed E-state index contributed by atoms with van der Waals surface area (Å²) in [6.07, 6.45) is 0. The van der Waals surface area contributed by atoms with Gasteiger partial charge in [-0.1, -0.05) is 0 Å². The lowest BCUT2D eigenvalue weighted by Crippen LogP contribution is -2.07. The van der Waals surface area contributed by atoms with Crippen LogP contribution in [0, 0.1) is 0 Å². The standard InChI is InChI=1S/C6H5Br3N2.H2O4S/c7-3-1-5(9)6(11-10)2-4(3)8;1-5(2,3)4/h1-2,11H,10H2;(H2,1,2,3,4). The van der Waals surface area contributed by atoms with Crippen molar-refractivity contribution in [2.45, 2.75) is 0 Å². The molecular formula is C6H7Br3N2O4S. The average molecular weight is 443 g/mol. The van der Waals surface area contributed by atoms with Crippen LogP contribution in [0.2, 0.25) is 0 Å². The average Bonchev–Trinajstić information content (AvgIpc) is 2.08. The Morgan fingerprint density at radius 3 is 1.81 bits per heavy atom. The van der Waals surface area contributed by atoms with Crippen LogP contribution in [0.15, 0.2) is 25.6 Å². The Morgan fingerprint density at radius 1 is 1.06 bits per heavy atom. The van der Waals surface area contributed by atoms with Crippen LogP contribution >= 0.6 is 47.8 Å². The van der Waals surface area contributed by atoms with Gasteiger partial charge in [-0.3, -0.25) is 14.9 Å². The zero-order valence-electron chi connectivity index (χ0n) is 7.49. The minimum Gasteiger partial charge on any atom is -0.323 e. The maximum Gasteiger partial charge on any atom is 0.394 e. The summed E-state index contributed by atoms with van der Waals surface area (Å²) in [5.41, 5.74) is 3.41. The summed E-state index contributed by atoms with van der Waals surface area (Å²) < 4.78 is 34.5. The molecule has 0 unspecified atom stereocenters. The summed E-state index contributed by atoms with van der Waals surface area (Å²) in [6.45, 7) is 0. The van der Waals surface area contributed by atoms with Gasteiger partial charge < -0.3 is 5.43 Å². The van der Waals surface area contributed by atoms with Crippen molar-refractivity contribution in [3.63, 3.8) is 0 Å². The molecule has 16 heavy (non-hydrogen) atoms. The van der Waals surface area contributed by atoms with Gasteiger partial charge in [0.05, 0.1) is 5.69 Å². The fourth-order valence-electron chi connectivity index (χ4n) is 0.633. The van der Waals surface area contributed by atoms with Crippen molar-refractivity contribution in [3.05, 3.63) is 25.6 Å². The quantitative estimate of drug-likeness (QED) is 0.230. The SMILES string of the molecule is NNc1cc(Br)c(Br)cc1Br.O=S(=O)(O)O. The van der Waals surface area contributed by atoms with Gasteiger partial charge in [0, 0.05) is 13.4 Å². The second kappa shape index (κ2) is 6.89. The van der Waals surface area contributed by atoms with E-state index in [4.69, 9.17) is 23.4 Å². The van der Waals surface area contributed by atoms with Gasteiger partial charge in [-0.2, -0.15) is 8.42 Å². The van der Waals surface area contributed by atoms with E-state index in [2.05, 4.69) is 53.2 Å². The van der Waals surface area contributed by atoms with Crippen LogP contribution in [0.3, 0.4) is 0 Å². The third-order valence-electron chi connectivity index (χ3n) is 1.17. The fourth-order valence-corrected chi connectivity index (χ4v) is 2.08. The van der Waals surface area contributed by atoms with Gasteiger partial charge >= 0.3 is 10.4 Å². The highest BCUT2D eigenvalue weighted by atomic mass is 79.9. The van der Waals surface area contributed by atoms with Crippen LogP contribution in [-0.4, -0.2) is 17.5 Å². The van der Waals surface area contributed by atoms with Crippen LogP contribution in [0.25, 0.3) is 0 Å². The number of hydrogen-bond acceptors (Lipinski definition) is 4. The molecule has 1 aromatic carbocycles. The number of nitrogens with one attached hydrogen (secondary N) is 1. The number of hydrazine groups is 1. The summed E-state index contributed by atoms with van der Waals surface area (Å²) in [4.78, 5) is 0. The van der Waals surface area contributed by atoms with E-state index in [-0.39, 0.29) is 0 Å². The van der Waals surface area contributed by atoms with Gasteiger partial charge in [-0.05, 0) is 59.9 Å². The molecule has 0 aromatic heterocycles.